The fourth-order valence-electron chi connectivity index (χ4n) is 4.68. The molecule has 1 aliphatic carbocycles. The third-order valence-corrected chi connectivity index (χ3v) is 8.70. The van der Waals surface area contributed by atoms with Crippen LogP contribution in [-0.4, -0.2) is 74.8 Å². The molecule has 8 nitrogen and oxygen atoms in total. The number of carbonyl (C=O) groups is 2. The van der Waals surface area contributed by atoms with Crippen LogP contribution in [0.25, 0.3) is 6.08 Å². The second-order valence-corrected chi connectivity index (χ2v) is 12.0. The number of likely N-dealkylation sites (N-methyl/N-ethyl adjacent to an activating group) is 1. The number of thiophene rings is 1. The first-order chi connectivity index (χ1) is 15.3. The lowest BCUT2D eigenvalue weighted by molar-refractivity contribution is -0.143. The topological polar surface area (TPSA) is 98.8 Å². The number of likely N-dealkylation sites (tertiary alicyclic amines) is 2. The summed E-state index contributed by atoms with van der Waals surface area (Å²) in [5.41, 5.74) is 0. The van der Waals surface area contributed by atoms with Gasteiger partial charge in [-0.15, -0.1) is 11.3 Å². The van der Waals surface area contributed by atoms with Gasteiger partial charge in [0.2, 0.25) is 21.8 Å². The van der Waals surface area contributed by atoms with Crippen molar-refractivity contribution in [3.05, 3.63) is 26.8 Å². The van der Waals surface area contributed by atoms with Gasteiger partial charge >= 0.3 is 0 Å². The fraction of sp³-hybridized carbons (Fsp3) is 0.619. The van der Waals surface area contributed by atoms with Gasteiger partial charge in [-0.2, -0.15) is 4.72 Å². The Kier molecular flexibility index (Phi) is 7.26. The van der Waals surface area contributed by atoms with Crippen LogP contribution in [0.2, 0.25) is 4.34 Å². The average Bonchev–Trinajstić information content (AvgIpc) is 3.23. The van der Waals surface area contributed by atoms with Crippen molar-refractivity contribution in [1.29, 1.82) is 0 Å². The van der Waals surface area contributed by atoms with Gasteiger partial charge in [-0.05, 0) is 55.9 Å². The molecule has 0 spiro atoms. The lowest BCUT2D eigenvalue weighted by atomic mass is 10.1. The lowest BCUT2D eigenvalue weighted by Gasteiger charge is -2.34. The predicted molar refractivity (Wildman–Crippen MR) is 126 cm³/mol. The first-order valence-corrected chi connectivity index (χ1v) is 13.8. The molecule has 2 saturated heterocycles. The maximum absolute atomic E-state index is 13.0. The quantitative estimate of drug-likeness (QED) is 0.538. The Balaban J connectivity index is 1.34. The van der Waals surface area contributed by atoms with Crippen molar-refractivity contribution < 1.29 is 18.0 Å². The third-order valence-electron chi connectivity index (χ3n) is 6.40. The van der Waals surface area contributed by atoms with Gasteiger partial charge in [0.25, 0.3) is 0 Å². The standard InChI is InChI=1S/C21H29ClN4O4S2/c1-2-23-11-18-16-10-14(16)12-26(18)20(27)13-25-8-3-4-17(21(25)28)24-32(29,30)9-7-15-5-6-19(22)31-15/h5-7,9,14,16-18,23-24H,2-4,8,10-13H2,1H3/b9-7+/t14?,16?,17-,18?/m0/s1. The van der Waals surface area contributed by atoms with E-state index in [9.17, 15) is 18.0 Å². The highest BCUT2D eigenvalue weighted by Gasteiger charge is 2.53. The molecule has 2 amide bonds. The van der Waals surface area contributed by atoms with Crippen LogP contribution in [0.4, 0.5) is 0 Å². The number of sulfonamides is 1. The summed E-state index contributed by atoms with van der Waals surface area (Å²) in [7, 11) is -3.81. The largest absolute Gasteiger partial charge is 0.336 e. The van der Waals surface area contributed by atoms with Crippen molar-refractivity contribution in [3.63, 3.8) is 0 Å². The van der Waals surface area contributed by atoms with E-state index >= 15 is 0 Å². The van der Waals surface area contributed by atoms with Crippen LogP contribution in [0.3, 0.4) is 0 Å². The number of piperidine rings is 2. The Morgan fingerprint density at radius 3 is 2.91 bits per heavy atom. The first-order valence-electron chi connectivity index (χ1n) is 11.0. The molecular weight excluding hydrogens is 472 g/mol. The monoisotopic (exact) mass is 500 g/mol. The minimum absolute atomic E-state index is 0.00264. The van der Waals surface area contributed by atoms with Crippen LogP contribution in [0.1, 0.15) is 31.1 Å². The molecule has 4 rings (SSSR count). The summed E-state index contributed by atoms with van der Waals surface area (Å²) in [4.78, 5) is 30.0. The molecule has 2 N–H and O–H groups in total. The van der Waals surface area contributed by atoms with E-state index in [1.165, 1.54) is 28.7 Å². The summed E-state index contributed by atoms with van der Waals surface area (Å²) in [5.74, 6) is 0.767. The van der Waals surface area contributed by atoms with Gasteiger partial charge in [0.05, 0.1) is 10.9 Å². The average molecular weight is 501 g/mol. The molecule has 32 heavy (non-hydrogen) atoms. The predicted octanol–water partition coefficient (Wildman–Crippen LogP) is 1.74. The zero-order valence-corrected chi connectivity index (χ0v) is 20.4. The van der Waals surface area contributed by atoms with Crippen LogP contribution in [-0.2, 0) is 19.6 Å². The summed E-state index contributed by atoms with van der Waals surface area (Å²) in [6.07, 6.45) is 3.69. The van der Waals surface area contributed by atoms with E-state index in [0.717, 1.165) is 25.0 Å². The van der Waals surface area contributed by atoms with Gasteiger partial charge in [0, 0.05) is 36.0 Å². The van der Waals surface area contributed by atoms with Gasteiger partial charge in [0.15, 0.2) is 0 Å². The van der Waals surface area contributed by atoms with E-state index in [1.807, 2.05) is 11.8 Å². The third kappa shape index (κ3) is 5.53. The van der Waals surface area contributed by atoms with E-state index in [-0.39, 0.29) is 24.4 Å². The van der Waals surface area contributed by atoms with Crippen molar-refractivity contribution in [2.75, 3.05) is 32.7 Å². The molecule has 0 bridgehead atoms. The van der Waals surface area contributed by atoms with Crippen LogP contribution in [0.15, 0.2) is 17.5 Å². The summed E-state index contributed by atoms with van der Waals surface area (Å²) < 4.78 is 28.0. The van der Waals surface area contributed by atoms with Gasteiger partial charge in [-0.25, -0.2) is 8.42 Å². The number of amides is 2. The Morgan fingerprint density at radius 1 is 1.38 bits per heavy atom. The second-order valence-electron chi connectivity index (χ2n) is 8.64. The minimum atomic E-state index is -3.81. The number of carbonyl (C=O) groups excluding carboxylic acids is 2. The summed E-state index contributed by atoms with van der Waals surface area (Å²) in [5, 5.41) is 4.39. The van der Waals surface area contributed by atoms with E-state index in [4.69, 9.17) is 11.6 Å². The highest BCUT2D eigenvalue weighted by Crippen LogP contribution is 2.49. The molecule has 2 aliphatic heterocycles. The molecule has 3 unspecified atom stereocenters. The zero-order valence-electron chi connectivity index (χ0n) is 18.0. The molecule has 1 saturated carbocycles. The molecule has 3 fully saturated rings. The second kappa shape index (κ2) is 9.80. The van der Waals surface area contributed by atoms with Gasteiger partial charge in [-0.1, -0.05) is 18.5 Å². The van der Waals surface area contributed by atoms with Gasteiger partial charge in [0.1, 0.15) is 6.04 Å². The number of halogens is 1. The number of hydrogen-bond donors (Lipinski definition) is 2. The zero-order chi connectivity index (χ0) is 22.9. The molecule has 1 aromatic heterocycles. The summed E-state index contributed by atoms with van der Waals surface area (Å²) in [6, 6.07) is 2.75. The Hall–Kier alpha value is -1.46. The SMILES string of the molecule is CCNCC1C2CC2CN1C(=O)CN1CCC[C@H](NS(=O)(=O)/C=C/c2ccc(Cl)s2)C1=O. The minimum Gasteiger partial charge on any atom is -0.336 e. The van der Waals surface area contributed by atoms with E-state index in [0.29, 0.717) is 40.4 Å². The molecule has 176 valence electrons. The molecule has 0 radical (unpaired) electrons. The number of hydrogen-bond acceptors (Lipinski definition) is 6. The van der Waals surface area contributed by atoms with E-state index in [1.54, 1.807) is 12.1 Å². The number of rotatable bonds is 9. The van der Waals surface area contributed by atoms with Crippen LogP contribution in [0.5, 0.6) is 0 Å². The Labute approximate surface area is 198 Å². The van der Waals surface area contributed by atoms with Crippen molar-refractivity contribution in [2.24, 2.45) is 11.8 Å². The molecular formula is C21H29ClN4O4S2. The summed E-state index contributed by atoms with van der Waals surface area (Å²) in [6.45, 7) is 4.91. The van der Waals surface area contributed by atoms with Crippen molar-refractivity contribution in [3.8, 4) is 0 Å². The van der Waals surface area contributed by atoms with Crippen molar-refractivity contribution >= 4 is 50.9 Å². The molecule has 3 aliphatic rings. The molecule has 0 aromatic carbocycles. The van der Waals surface area contributed by atoms with Crippen LogP contribution in [0, 0.1) is 11.8 Å². The number of fused-ring (bicyclic) bond motifs is 1. The molecule has 11 heteroatoms. The lowest BCUT2D eigenvalue weighted by Crippen LogP contribution is -2.55. The summed E-state index contributed by atoms with van der Waals surface area (Å²) >= 11 is 7.14. The molecule has 1 aromatic rings. The Bertz CT molecular complexity index is 996. The normalized spacial score (nSPS) is 27.9. The smallest absolute Gasteiger partial charge is 0.242 e. The molecule has 3 heterocycles. The van der Waals surface area contributed by atoms with Gasteiger partial charge in [-0.3, -0.25) is 9.59 Å². The van der Waals surface area contributed by atoms with Crippen molar-refractivity contribution in [1.82, 2.24) is 19.8 Å². The highest BCUT2D eigenvalue weighted by atomic mass is 35.5. The van der Waals surface area contributed by atoms with Gasteiger partial charge < -0.3 is 15.1 Å². The fourth-order valence-corrected chi connectivity index (χ4v) is 6.75. The van der Waals surface area contributed by atoms with Crippen LogP contribution < -0.4 is 10.0 Å². The number of nitrogens with zero attached hydrogens (tertiary/aromatic N) is 2. The van der Waals surface area contributed by atoms with E-state index in [2.05, 4.69) is 10.0 Å². The first kappa shape index (κ1) is 23.7. The Morgan fingerprint density at radius 2 is 2.19 bits per heavy atom. The van der Waals surface area contributed by atoms with Crippen LogP contribution >= 0.6 is 22.9 Å². The highest BCUT2D eigenvalue weighted by molar-refractivity contribution is 7.92. The maximum Gasteiger partial charge on any atom is 0.242 e. The van der Waals surface area contributed by atoms with Crippen molar-refractivity contribution in [2.45, 2.75) is 38.3 Å². The molecule has 4 atom stereocenters. The van der Waals surface area contributed by atoms with E-state index < -0.39 is 16.1 Å². The number of nitrogens with one attached hydrogen (secondary N) is 2. The maximum atomic E-state index is 13.0.